The predicted molar refractivity (Wildman–Crippen MR) is 76.6 cm³/mol. The Hall–Kier alpha value is -1.96. The Balaban J connectivity index is 1.63. The van der Waals surface area contributed by atoms with Crippen LogP contribution in [0.2, 0.25) is 0 Å². The van der Waals surface area contributed by atoms with Gasteiger partial charge in [-0.25, -0.2) is 8.78 Å². The fraction of sp³-hybridized carbons (Fsp3) is 0.357. The van der Waals surface area contributed by atoms with Gasteiger partial charge in [-0.05, 0) is 31.9 Å². The summed E-state index contributed by atoms with van der Waals surface area (Å²) in [4.78, 5) is 12.0. The van der Waals surface area contributed by atoms with Crippen LogP contribution in [0.4, 0.5) is 14.5 Å². The molecule has 0 aliphatic heterocycles. The standard InChI is InChI=1S/C14H13F2N3O2S/c1-7(22-14-19-18-13(21-14)8-5-6-8)12(20)17-11-9(15)3-2-4-10(11)16/h2-4,7-8H,5-6H2,1H3,(H,17,20)/t7-/m1/s1. The van der Waals surface area contributed by atoms with E-state index in [4.69, 9.17) is 4.42 Å². The molecular formula is C14H13F2N3O2S. The average Bonchev–Trinajstić information content (AvgIpc) is 3.23. The fourth-order valence-corrected chi connectivity index (χ4v) is 2.50. The Morgan fingerprint density at radius 2 is 2.05 bits per heavy atom. The molecule has 1 N–H and O–H groups in total. The molecular weight excluding hydrogens is 312 g/mol. The molecule has 0 unspecified atom stereocenters. The number of nitrogens with zero attached hydrogens (tertiary/aromatic N) is 2. The maximum atomic E-state index is 13.5. The van der Waals surface area contributed by atoms with Crippen molar-refractivity contribution in [3.05, 3.63) is 35.7 Å². The van der Waals surface area contributed by atoms with Gasteiger partial charge in [0.1, 0.15) is 17.3 Å². The molecule has 1 amide bonds. The van der Waals surface area contributed by atoms with Crippen LogP contribution in [-0.2, 0) is 4.79 Å². The highest BCUT2D eigenvalue weighted by atomic mass is 32.2. The van der Waals surface area contributed by atoms with Crippen molar-refractivity contribution >= 4 is 23.4 Å². The smallest absolute Gasteiger partial charge is 0.277 e. The minimum absolute atomic E-state index is 0.276. The zero-order chi connectivity index (χ0) is 15.7. The number of hydrogen-bond acceptors (Lipinski definition) is 5. The van der Waals surface area contributed by atoms with E-state index < -0.39 is 28.5 Å². The van der Waals surface area contributed by atoms with Gasteiger partial charge >= 0.3 is 0 Å². The molecule has 8 heteroatoms. The molecule has 2 aromatic rings. The lowest BCUT2D eigenvalue weighted by Crippen LogP contribution is -2.23. The van der Waals surface area contributed by atoms with E-state index in [1.807, 2.05) is 0 Å². The van der Waals surface area contributed by atoms with E-state index >= 15 is 0 Å². The van der Waals surface area contributed by atoms with Crippen molar-refractivity contribution in [3.63, 3.8) is 0 Å². The first-order valence-electron chi connectivity index (χ1n) is 6.79. The molecule has 1 aromatic carbocycles. The van der Waals surface area contributed by atoms with Crippen LogP contribution in [0.5, 0.6) is 0 Å². The molecule has 1 aliphatic rings. The third kappa shape index (κ3) is 3.27. The number of hydrogen-bond donors (Lipinski definition) is 1. The summed E-state index contributed by atoms with van der Waals surface area (Å²) in [5, 5.41) is 9.66. The molecule has 5 nitrogen and oxygen atoms in total. The molecule has 0 saturated heterocycles. The van der Waals surface area contributed by atoms with Crippen LogP contribution in [0, 0.1) is 11.6 Å². The molecule has 22 heavy (non-hydrogen) atoms. The van der Waals surface area contributed by atoms with Crippen molar-refractivity contribution in [2.45, 2.75) is 36.2 Å². The highest BCUT2D eigenvalue weighted by Gasteiger charge is 2.30. The molecule has 1 aromatic heterocycles. The number of para-hydroxylation sites is 1. The van der Waals surface area contributed by atoms with E-state index in [-0.39, 0.29) is 5.22 Å². The molecule has 1 fully saturated rings. The van der Waals surface area contributed by atoms with Crippen LogP contribution in [-0.4, -0.2) is 21.4 Å². The molecule has 1 aliphatic carbocycles. The van der Waals surface area contributed by atoms with Crippen LogP contribution < -0.4 is 5.32 Å². The van der Waals surface area contributed by atoms with E-state index in [0.717, 1.165) is 36.7 Å². The van der Waals surface area contributed by atoms with Crippen LogP contribution >= 0.6 is 11.8 Å². The fourth-order valence-electron chi connectivity index (χ4n) is 1.81. The maximum Gasteiger partial charge on any atom is 0.277 e. The molecule has 1 saturated carbocycles. The minimum atomic E-state index is -0.820. The number of benzene rings is 1. The van der Waals surface area contributed by atoms with Crippen molar-refractivity contribution in [3.8, 4) is 0 Å². The number of carbonyl (C=O) groups is 1. The SMILES string of the molecule is C[C@@H](Sc1nnc(C2CC2)o1)C(=O)Nc1c(F)cccc1F. The van der Waals surface area contributed by atoms with Crippen molar-refractivity contribution in [1.82, 2.24) is 10.2 Å². The number of anilines is 1. The van der Waals surface area contributed by atoms with Gasteiger partial charge in [0.15, 0.2) is 0 Å². The number of aromatic nitrogens is 2. The van der Waals surface area contributed by atoms with Crippen LogP contribution in [0.3, 0.4) is 0 Å². The van der Waals surface area contributed by atoms with Gasteiger partial charge in [-0.1, -0.05) is 17.8 Å². The second-order valence-electron chi connectivity index (χ2n) is 5.03. The number of amides is 1. The highest BCUT2D eigenvalue weighted by Crippen LogP contribution is 2.40. The van der Waals surface area contributed by atoms with Crippen LogP contribution in [0.15, 0.2) is 27.8 Å². The average molecular weight is 325 g/mol. The summed E-state index contributed by atoms with van der Waals surface area (Å²) in [7, 11) is 0. The lowest BCUT2D eigenvalue weighted by atomic mass is 10.3. The minimum Gasteiger partial charge on any atom is -0.416 e. The predicted octanol–water partition coefficient (Wildman–Crippen LogP) is 3.34. The molecule has 1 heterocycles. The molecule has 116 valence electrons. The van der Waals surface area contributed by atoms with Gasteiger partial charge in [0.25, 0.3) is 5.22 Å². The van der Waals surface area contributed by atoms with Gasteiger partial charge in [-0.15, -0.1) is 10.2 Å². The zero-order valence-corrected chi connectivity index (χ0v) is 12.5. The Kier molecular flexibility index (Phi) is 4.10. The third-order valence-corrected chi connectivity index (χ3v) is 4.14. The van der Waals surface area contributed by atoms with Crippen molar-refractivity contribution in [1.29, 1.82) is 0 Å². The number of halogens is 2. The third-order valence-electron chi connectivity index (χ3n) is 3.21. The molecule has 0 radical (unpaired) electrons. The lowest BCUT2D eigenvalue weighted by molar-refractivity contribution is -0.115. The first-order valence-corrected chi connectivity index (χ1v) is 7.67. The largest absolute Gasteiger partial charge is 0.416 e. The van der Waals surface area contributed by atoms with Crippen molar-refractivity contribution < 1.29 is 18.0 Å². The van der Waals surface area contributed by atoms with E-state index in [2.05, 4.69) is 15.5 Å². The Morgan fingerprint density at radius 1 is 1.36 bits per heavy atom. The van der Waals surface area contributed by atoms with Gasteiger partial charge in [0, 0.05) is 5.92 Å². The van der Waals surface area contributed by atoms with Crippen LogP contribution in [0.1, 0.15) is 31.6 Å². The molecule has 3 rings (SSSR count). The Labute approximate surface area is 129 Å². The van der Waals surface area contributed by atoms with Gasteiger partial charge in [0.05, 0.1) is 5.25 Å². The first-order chi connectivity index (χ1) is 10.5. The maximum absolute atomic E-state index is 13.5. The molecule has 1 atom stereocenters. The second kappa shape index (κ2) is 6.04. The van der Waals surface area contributed by atoms with E-state index in [0.29, 0.717) is 11.8 Å². The summed E-state index contributed by atoms with van der Waals surface area (Å²) in [5.41, 5.74) is -0.454. The van der Waals surface area contributed by atoms with Crippen molar-refractivity contribution in [2.75, 3.05) is 5.32 Å². The highest BCUT2D eigenvalue weighted by molar-refractivity contribution is 8.00. The summed E-state index contributed by atoms with van der Waals surface area (Å²) in [6.07, 6.45) is 2.07. The van der Waals surface area contributed by atoms with Gasteiger partial charge in [-0.2, -0.15) is 0 Å². The Bertz CT molecular complexity index is 683. The van der Waals surface area contributed by atoms with Gasteiger partial charge in [0.2, 0.25) is 11.8 Å². The molecule has 0 spiro atoms. The Morgan fingerprint density at radius 3 is 2.68 bits per heavy atom. The summed E-state index contributed by atoms with van der Waals surface area (Å²) < 4.78 is 32.4. The van der Waals surface area contributed by atoms with Crippen LogP contribution in [0.25, 0.3) is 0 Å². The quantitative estimate of drug-likeness (QED) is 0.854. The number of nitrogens with one attached hydrogen (secondary N) is 1. The van der Waals surface area contributed by atoms with E-state index in [1.165, 1.54) is 6.07 Å². The summed E-state index contributed by atoms with van der Waals surface area (Å²) in [5.74, 6) is -1.27. The summed E-state index contributed by atoms with van der Waals surface area (Å²) in [6, 6.07) is 3.39. The van der Waals surface area contributed by atoms with E-state index in [1.54, 1.807) is 6.92 Å². The molecule has 0 bridgehead atoms. The van der Waals surface area contributed by atoms with Gasteiger partial charge < -0.3 is 9.73 Å². The second-order valence-corrected chi connectivity index (χ2v) is 6.32. The normalized spacial score (nSPS) is 15.6. The lowest BCUT2D eigenvalue weighted by Gasteiger charge is -2.11. The number of thioether (sulfide) groups is 1. The monoisotopic (exact) mass is 325 g/mol. The number of rotatable bonds is 5. The summed E-state index contributed by atoms with van der Waals surface area (Å²) >= 11 is 1.05. The van der Waals surface area contributed by atoms with Crippen molar-refractivity contribution in [2.24, 2.45) is 0 Å². The number of carbonyl (C=O) groups excluding carboxylic acids is 1. The van der Waals surface area contributed by atoms with E-state index in [9.17, 15) is 13.6 Å². The van der Waals surface area contributed by atoms with Gasteiger partial charge in [-0.3, -0.25) is 4.79 Å². The topological polar surface area (TPSA) is 68.0 Å². The first kappa shape index (κ1) is 15.0. The zero-order valence-electron chi connectivity index (χ0n) is 11.7. The summed E-state index contributed by atoms with van der Waals surface area (Å²) in [6.45, 7) is 1.60.